The number of carbonyl (C=O) groups is 1. The van der Waals surface area contributed by atoms with E-state index in [1.807, 2.05) is 4.72 Å². The monoisotopic (exact) mass is 311 g/mol. The van der Waals surface area contributed by atoms with Crippen molar-refractivity contribution in [3.05, 3.63) is 23.2 Å². The predicted octanol–water partition coefficient (Wildman–Crippen LogP) is -0.292. The molecule has 0 unspecified atom stereocenters. The van der Waals surface area contributed by atoms with Crippen LogP contribution in [0.25, 0.3) is 0 Å². The summed E-state index contributed by atoms with van der Waals surface area (Å²) in [4.78, 5) is 10.7. The van der Waals surface area contributed by atoms with Crippen molar-refractivity contribution in [1.29, 1.82) is 0 Å². The van der Waals surface area contributed by atoms with Crippen molar-refractivity contribution in [2.45, 2.75) is 13.5 Å². The van der Waals surface area contributed by atoms with Gasteiger partial charge in [-0.15, -0.1) is 0 Å². The number of sulfonamides is 1. The van der Waals surface area contributed by atoms with Gasteiger partial charge >= 0.3 is 5.97 Å². The fourth-order valence-corrected chi connectivity index (χ4v) is 4.30. The van der Waals surface area contributed by atoms with Crippen LogP contribution in [-0.2, 0) is 26.4 Å². The number of rotatable bonds is 6. The van der Waals surface area contributed by atoms with E-state index in [0.717, 1.165) is 6.26 Å². The molecule has 0 radical (unpaired) electrons. The molecule has 1 aromatic heterocycles. The third kappa shape index (κ3) is 5.01. The van der Waals surface area contributed by atoms with E-state index in [4.69, 9.17) is 9.52 Å². The molecular formula is C9H13NO7S2. The maximum atomic E-state index is 11.4. The molecule has 0 atom stereocenters. The summed E-state index contributed by atoms with van der Waals surface area (Å²) in [6.07, 6.45) is 0.797. The zero-order chi connectivity index (χ0) is 14.8. The minimum Gasteiger partial charge on any atom is -0.478 e. The second-order valence-corrected chi connectivity index (χ2v) is 8.28. The van der Waals surface area contributed by atoms with Crippen LogP contribution < -0.4 is 4.72 Å². The van der Waals surface area contributed by atoms with Gasteiger partial charge in [-0.2, -0.15) is 0 Å². The number of furan rings is 1. The second-order valence-electron chi connectivity index (χ2n) is 3.97. The van der Waals surface area contributed by atoms with Crippen molar-refractivity contribution in [2.75, 3.05) is 11.3 Å². The SMILES string of the molecule is Cc1oc(CNS(=O)(=O)CS(C)(=O)=O)cc1C(=O)O. The van der Waals surface area contributed by atoms with Gasteiger partial charge < -0.3 is 9.52 Å². The van der Waals surface area contributed by atoms with Crippen LogP contribution in [0.2, 0.25) is 0 Å². The number of aromatic carboxylic acids is 1. The van der Waals surface area contributed by atoms with Gasteiger partial charge in [0.05, 0.1) is 6.54 Å². The summed E-state index contributed by atoms with van der Waals surface area (Å²) in [6.45, 7) is 1.12. The Morgan fingerprint density at radius 3 is 2.37 bits per heavy atom. The molecule has 0 amide bonds. The van der Waals surface area contributed by atoms with Crippen LogP contribution in [0.3, 0.4) is 0 Å². The summed E-state index contributed by atoms with van der Waals surface area (Å²) in [7, 11) is -7.68. The Hall–Kier alpha value is -1.39. The Bertz CT molecular complexity index is 684. The van der Waals surface area contributed by atoms with Crippen molar-refractivity contribution in [1.82, 2.24) is 4.72 Å². The molecule has 0 bridgehead atoms. The number of carboxylic acid groups (broad SMARTS) is 1. The largest absolute Gasteiger partial charge is 0.478 e. The van der Waals surface area contributed by atoms with E-state index in [0.29, 0.717) is 0 Å². The van der Waals surface area contributed by atoms with Gasteiger partial charge in [0.1, 0.15) is 17.1 Å². The van der Waals surface area contributed by atoms with Crippen molar-refractivity contribution in [3.8, 4) is 0 Å². The Morgan fingerprint density at radius 1 is 1.37 bits per heavy atom. The lowest BCUT2D eigenvalue weighted by Crippen LogP contribution is -2.29. The maximum absolute atomic E-state index is 11.4. The lowest BCUT2D eigenvalue weighted by molar-refractivity contribution is 0.0695. The van der Waals surface area contributed by atoms with Crippen LogP contribution in [0, 0.1) is 6.92 Å². The zero-order valence-corrected chi connectivity index (χ0v) is 11.8. The highest BCUT2D eigenvalue weighted by molar-refractivity contribution is 8.06. The van der Waals surface area contributed by atoms with Gasteiger partial charge in [0.2, 0.25) is 10.0 Å². The van der Waals surface area contributed by atoms with Crippen LogP contribution >= 0.6 is 0 Å². The first kappa shape index (κ1) is 15.7. The summed E-state index contributed by atoms with van der Waals surface area (Å²) in [6, 6.07) is 1.18. The number of sulfone groups is 1. The molecule has 0 spiro atoms. The van der Waals surface area contributed by atoms with E-state index in [1.54, 1.807) is 0 Å². The summed E-state index contributed by atoms with van der Waals surface area (Å²) < 4.78 is 51.6. The zero-order valence-electron chi connectivity index (χ0n) is 10.2. The molecule has 1 aromatic rings. The molecule has 0 saturated carbocycles. The molecule has 108 valence electrons. The molecular weight excluding hydrogens is 298 g/mol. The van der Waals surface area contributed by atoms with Crippen molar-refractivity contribution in [3.63, 3.8) is 0 Å². The summed E-state index contributed by atoms with van der Waals surface area (Å²) in [5, 5.41) is 7.75. The Kier molecular flexibility index (Phi) is 4.38. The third-order valence-electron chi connectivity index (χ3n) is 2.03. The summed E-state index contributed by atoms with van der Waals surface area (Å²) >= 11 is 0. The van der Waals surface area contributed by atoms with Gasteiger partial charge in [-0.25, -0.2) is 26.4 Å². The molecule has 19 heavy (non-hydrogen) atoms. The molecule has 1 rings (SSSR count). The average molecular weight is 311 g/mol. The number of hydrogen-bond acceptors (Lipinski definition) is 6. The standard InChI is InChI=1S/C9H13NO7S2/c1-6-8(9(11)12)3-7(17-6)4-10-19(15,16)5-18(2,13)14/h3,10H,4-5H2,1-2H3,(H,11,12). The second kappa shape index (κ2) is 5.31. The molecule has 0 aliphatic carbocycles. The van der Waals surface area contributed by atoms with Gasteiger partial charge in [-0.1, -0.05) is 0 Å². The van der Waals surface area contributed by atoms with Crippen LogP contribution in [0.1, 0.15) is 21.9 Å². The molecule has 0 aromatic carbocycles. The highest BCUT2D eigenvalue weighted by Gasteiger charge is 2.19. The number of aryl methyl sites for hydroxylation is 1. The van der Waals surface area contributed by atoms with Gasteiger partial charge in [0, 0.05) is 6.26 Å². The molecule has 10 heteroatoms. The minimum atomic E-state index is -4.01. The fraction of sp³-hybridized carbons (Fsp3) is 0.444. The minimum absolute atomic E-state index is 0.0719. The van der Waals surface area contributed by atoms with E-state index >= 15 is 0 Å². The highest BCUT2D eigenvalue weighted by Crippen LogP contribution is 2.14. The van der Waals surface area contributed by atoms with E-state index < -0.39 is 30.9 Å². The topological polar surface area (TPSA) is 131 Å². The first-order chi connectivity index (χ1) is 8.50. The van der Waals surface area contributed by atoms with Gasteiger partial charge in [0.25, 0.3) is 0 Å². The van der Waals surface area contributed by atoms with Gasteiger partial charge in [-0.05, 0) is 13.0 Å². The lowest BCUT2D eigenvalue weighted by atomic mass is 10.2. The predicted molar refractivity (Wildman–Crippen MR) is 65.9 cm³/mol. The van der Waals surface area contributed by atoms with Crippen LogP contribution in [0.15, 0.2) is 10.5 Å². The van der Waals surface area contributed by atoms with Crippen molar-refractivity contribution in [2.24, 2.45) is 0 Å². The van der Waals surface area contributed by atoms with Crippen molar-refractivity contribution >= 4 is 25.8 Å². The molecule has 0 fully saturated rings. The Morgan fingerprint density at radius 2 is 1.95 bits per heavy atom. The van der Waals surface area contributed by atoms with E-state index in [2.05, 4.69) is 0 Å². The molecule has 0 saturated heterocycles. The number of hydrogen-bond donors (Lipinski definition) is 2. The number of nitrogens with one attached hydrogen (secondary N) is 1. The summed E-state index contributed by atoms with van der Waals surface area (Å²) in [5.41, 5.74) is -0.0719. The van der Waals surface area contributed by atoms with Gasteiger partial charge in [-0.3, -0.25) is 0 Å². The normalized spacial score (nSPS) is 12.5. The lowest BCUT2D eigenvalue weighted by Gasteiger charge is -2.03. The first-order valence-electron chi connectivity index (χ1n) is 4.98. The molecule has 2 N–H and O–H groups in total. The molecule has 1 heterocycles. The number of carboxylic acids is 1. The highest BCUT2D eigenvalue weighted by atomic mass is 32.3. The first-order valence-corrected chi connectivity index (χ1v) is 8.69. The third-order valence-corrected chi connectivity index (χ3v) is 5.57. The maximum Gasteiger partial charge on any atom is 0.339 e. The van der Waals surface area contributed by atoms with E-state index in [9.17, 15) is 21.6 Å². The molecule has 8 nitrogen and oxygen atoms in total. The smallest absolute Gasteiger partial charge is 0.339 e. The average Bonchev–Trinajstić information content (AvgIpc) is 2.53. The van der Waals surface area contributed by atoms with Crippen LogP contribution in [0.5, 0.6) is 0 Å². The quantitative estimate of drug-likeness (QED) is 0.737. The van der Waals surface area contributed by atoms with E-state index in [1.165, 1.54) is 13.0 Å². The fourth-order valence-electron chi connectivity index (χ4n) is 1.35. The summed E-state index contributed by atoms with van der Waals surface area (Å²) in [5.74, 6) is -0.955. The Labute approximate surface area is 110 Å². The van der Waals surface area contributed by atoms with E-state index in [-0.39, 0.29) is 23.6 Å². The van der Waals surface area contributed by atoms with Gasteiger partial charge in [0.15, 0.2) is 14.9 Å². The Balaban J connectivity index is 2.78. The van der Waals surface area contributed by atoms with Crippen LogP contribution in [0.4, 0.5) is 0 Å². The molecule has 0 aliphatic rings. The van der Waals surface area contributed by atoms with Crippen molar-refractivity contribution < 1.29 is 31.2 Å². The van der Waals surface area contributed by atoms with Crippen LogP contribution in [-0.4, -0.2) is 39.3 Å². The molecule has 0 aliphatic heterocycles.